The lowest BCUT2D eigenvalue weighted by molar-refractivity contribution is 0.0302. The van der Waals surface area contributed by atoms with E-state index in [2.05, 4.69) is 9.80 Å². The van der Waals surface area contributed by atoms with Crippen molar-refractivity contribution in [1.82, 2.24) is 9.80 Å². The minimum absolute atomic E-state index is 0.0635. The van der Waals surface area contributed by atoms with Gasteiger partial charge in [-0.3, -0.25) is 9.69 Å². The third-order valence-electron chi connectivity index (χ3n) is 5.44. The molecule has 5 heterocycles. The fraction of sp³-hybridized carbons (Fsp3) is 0.706. The maximum absolute atomic E-state index is 12.7. The molecule has 0 spiro atoms. The number of carbonyl (C=O) groups is 1. The molecule has 1 aromatic rings. The van der Waals surface area contributed by atoms with Crippen LogP contribution in [0.25, 0.3) is 0 Å². The number of furan rings is 1. The molecule has 4 aliphatic heterocycles. The van der Waals surface area contributed by atoms with Crippen LogP contribution in [-0.4, -0.2) is 60.6 Å². The molecule has 4 saturated heterocycles. The molecule has 5 nitrogen and oxygen atoms in total. The first kappa shape index (κ1) is 14.3. The topological polar surface area (TPSA) is 45.9 Å². The van der Waals surface area contributed by atoms with E-state index in [4.69, 9.17) is 9.15 Å². The van der Waals surface area contributed by atoms with Crippen LogP contribution in [0.4, 0.5) is 0 Å². The Morgan fingerprint density at radius 2 is 1.91 bits per heavy atom. The van der Waals surface area contributed by atoms with Crippen molar-refractivity contribution in [3.63, 3.8) is 0 Å². The zero-order chi connectivity index (χ0) is 14.9. The molecule has 4 fully saturated rings. The molecular weight excluding hydrogens is 280 g/mol. The first-order valence-corrected chi connectivity index (χ1v) is 8.47. The largest absolute Gasteiger partial charge is 0.459 e. The highest BCUT2D eigenvalue weighted by Gasteiger charge is 2.40. The molecule has 0 radical (unpaired) electrons. The molecule has 5 heteroatoms. The summed E-state index contributed by atoms with van der Waals surface area (Å²) in [6.07, 6.45) is 6.21. The number of hydrogen-bond acceptors (Lipinski definition) is 4. The van der Waals surface area contributed by atoms with Crippen LogP contribution in [0, 0.1) is 5.92 Å². The molecule has 0 unspecified atom stereocenters. The van der Waals surface area contributed by atoms with E-state index in [0.717, 1.165) is 52.1 Å². The smallest absolute Gasteiger partial charge is 0.289 e. The minimum atomic E-state index is 0.0635. The van der Waals surface area contributed by atoms with E-state index in [1.54, 1.807) is 18.4 Å². The molecular formula is C17H24N2O3. The summed E-state index contributed by atoms with van der Waals surface area (Å²) >= 11 is 0. The van der Waals surface area contributed by atoms with Crippen LogP contribution in [0.5, 0.6) is 0 Å². The Bertz CT molecular complexity index is 510. The summed E-state index contributed by atoms with van der Waals surface area (Å²) in [6, 6.07) is 4.53. The Labute approximate surface area is 131 Å². The maximum Gasteiger partial charge on any atom is 0.289 e. The quantitative estimate of drug-likeness (QED) is 0.838. The first-order chi connectivity index (χ1) is 10.8. The first-order valence-electron chi connectivity index (χ1n) is 8.47. The van der Waals surface area contributed by atoms with Gasteiger partial charge >= 0.3 is 0 Å². The van der Waals surface area contributed by atoms with E-state index in [0.29, 0.717) is 23.8 Å². The summed E-state index contributed by atoms with van der Waals surface area (Å²) in [7, 11) is 0. The molecule has 0 aromatic carbocycles. The van der Waals surface area contributed by atoms with Gasteiger partial charge in [0.05, 0.1) is 6.26 Å². The Morgan fingerprint density at radius 1 is 1.05 bits per heavy atom. The van der Waals surface area contributed by atoms with E-state index in [1.807, 2.05) is 0 Å². The summed E-state index contributed by atoms with van der Waals surface area (Å²) in [5.74, 6) is 1.14. The second kappa shape index (κ2) is 6.05. The van der Waals surface area contributed by atoms with Crippen LogP contribution in [0.2, 0.25) is 0 Å². The second-order valence-electron chi connectivity index (χ2n) is 6.83. The Hall–Kier alpha value is -1.33. The second-order valence-corrected chi connectivity index (χ2v) is 6.83. The fourth-order valence-corrected chi connectivity index (χ4v) is 4.26. The monoisotopic (exact) mass is 304 g/mol. The number of carbonyl (C=O) groups excluding carboxylic acids is 1. The summed E-state index contributed by atoms with van der Waals surface area (Å²) in [4.78, 5) is 17.4. The molecule has 5 rings (SSSR count). The van der Waals surface area contributed by atoms with Crippen molar-refractivity contribution in [2.75, 3.05) is 32.8 Å². The van der Waals surface area contributed by atoms with E-state index in [9.17, 15) is 4.79 Å². The van der Waals surface area contributed by atoms with Crippen molar-refractivity contribution in [3.05, 3.63) is 24.2 Å². The predicted molar refractivity (Wildman–Crippen MR) is 81.7 cm³/mol. The van der Waals surface area contributed by atoms with Gasteiger partial charge in [0.1, 0.15) is 0 Å². The Morgan fingerprint density at radius 3 is 2.68 bits per heavy atom. The zero-order valence-electron chi connectivity index (χ0n) is 12.9. The molecule has 2 bridgehead atoms. The lowest BCUT2D eigenvalue weighted by Gasteiger charge is -2.36. The number of nitrogens with zero attached hydrogens (tertiary/aromatic N) is 2. The standard InChI is InChI=1S/C17H24N2O3/c20-17(16-2-1-7-22-16)19-11-13-3-4-15(19)12-18(10-13)14-5-8-21-9-6-14/h1-2,7,13-15H,3-6,8-12H2/t13-,15+/m0/s1. The van der Waals surface area contributed by atoms with Crippen molar-refractivity contribution < 1.29 is 13.9 Å². The number of piperidine rings is 1. The number of fused-ring (bicyclic) bond motifs is 4. The molecule has 2 atom stereocenters. The van der Waals surface area contributed by atoms with Crippen molar-refractivity contribution in [2.24, 2.45) is 5.92 Å². The van der Waals surface area contributed by atoms with E-state index >= 15 is 0 Å². The molecule has 0 saturated carbocycles. The van der Waals surface area contributed by atoms with E-state index < -0.39 is 0 Å². The van der Waals surface area contributed by atoms with E-state index in [-0.39, 0.29) is 5.91 Å². The van der Waals surface area contributed by atoms with Crippen LogP contribution in [0.15, 0.2) is 22.8 Å². The lowest BCUT2D eigenvalue weighted by Crippen LogP contribution is -2.48. The van der Waals surface area contributed by atoms with Crippen molar-refractivity contribution in [2.45, 2.75) is 37.8 Å². The lowest BCUT2D eigenvalue weighted by atomic mass is 9.95. The van der Waals surface area contributed by atoms with Gasteiger partial charge in [0.2, 0.25) is 0 Å². The number of rotatable bonds is 2. The van der Waals surface area contributed by atoms with Crippen molar-refractivity contribution >= 4 is 5.91 Å². The third kappa shape index (κ3) is 2.68. The van der Waals surface area contributed by atoms with Crippen LogP contribution in [0.3, 0.4) is 0 Å². The highest BCUT2D eigenvalue weighted by atomic mass is 16.5. The number of hydrogen-bond donors (Lipinski definition) is 0. The molecule has 1 amide bonds. The van der Waals surface area contributed by atoms with Gasteiger partial charge < -0.3 is 14.1 Å². The zero-order valence-corrected chi connectivity index (χ0v) is 12.9. The SMILES string of the molecule is O=C(c1ccco1)N1C[C@H]2CC[C@@H]1CN(C1CCOCC1)C2. The van der Waals surface area contributed by atoms with Crippen LogP contribution >= 0.6 is 0 Å². The van der Waals surface area contributed by atoms with Crippen molar-refractivity contribution in [3.8, 4) is 0 Å². The Balaban J connectivity index is 1.50. The molecule has 1 aromatic heterocycles. The summed E-state index contributed by atoms with van der Waals surface area (Å²) in [5.41, 5.74) is 0. The van der Waals surface area contributed by atoms with Crippen molar-refractivity contribution in [1.29, 1.82) is 0 Å². The fourth-order valence-electron chi connectivity index (χ4n) is 4.26. The van der Waals surface area contributed by atoms with Gasteiger partial charge in [0.25, 0.3) is 5.91 Å². The highest BCUT2D eigenvalue weighted by molar-refractivity contribution is 5.91. The van der Waals surface area contributed by atoms with E-state index in [1.165, 1.54) is 6.42 Å². The average molecular weight is 304 g/mol. The number of amides is 1. The molecule has 120 valence electrons. The van der Waals surface area contributed by atoms with Gasteiger partial charge in [-0.1, -0.05) is 0 Å². The molecule has 0 N–H and O–H groups in total. The molecule has 0 aliphatic carbocycles. The van der Waals surface area contributed by atoms with Crippen LogP contribution in [-0.2, 0) is 4.74 Å². The van der Waals surface area contributed by atoms with Gasteiger partial charge in [0.15, 0.2) is 5.76 Å². The van der Waals surface area contributed by atoms with Crippen LogP contribution < -0.4 is 0 Å². The molecule has 22 heavy (non-hydrogen) atoms. The Kier molecular flexibility index (Phi) is 3.92. The van der Waals surface area contributed by atoms with Gasteiger partial charge in [-0.2, -0.15) is 0 Å². The third-order valence-corrected chi connectivity index (χ3v) is 5.44. The van der Waals surface area contributed by atoms with Crippen LogP contribution in [0.1, 0.15) is 36.2 Å². The predicted octanol–water partition coefficient (Wildman–Crippen LogP) is 1.99. The highest BCUT2D eigenvalue weighted by Crippen LogP contribution is 2.31. The molecule has 4 aliphatic rings. The summed E-state index contributed by atoms with van der Waals surface area (Å²) in [6.45, 7) is 4.78. The summed E-state index contributed by atoms with van der Waals surface area (Å²) < 4.78 is 10.8. The summed E-state index contributed by atoms with van der Waals surface area (Å²) in [5, 5.41) is 0. The van der Waals surface area contributed by atoms with Gasteiger partial charge in [-0.15, -0.1) is 0 Å². The minimum Gasteiger partial charge on any atom is -0.459 e. The van der Waals surface area contributed by atoms with Gasteiger partial charge in [-0.05, 0) is 43.7 Å². The average Bonchev–Trinajstić information content (AvgIpc) is 2.95. The number of ether oxygens (including phenoxy) is 1. The van der Waals surface area contributed by atoms with Gasteiger partial charge in [-0.25, -0.2) is 0 Å². The normalized spacial score (nSPS) is 30.5. The maximum atomic E-state index is 12.7. The van der Waals surface area contributed by atoms with Gasteiger partial charge in [0, 0.05) is 44.9 Å².